The van der Waals surface area contributed by atoms with Gasteiger partial charge in [0.25, 0.3) is 0 Å². The summed E-state index contributed by atoms with van der Waals surface area (Å²) in [4.78, 5) is 4.94. The second-order valence-corrected chi connectivity index (χ2v) is 5.96. The van der Waals surface area contributed by atoms with Crippen molar-refractivity contribution in [1.29, 1.82) is 0 Å². The Kier molecular flexibility index (Phi) is 10.3. The Morgan fingerprint density at radius 1 is 1.11 bits per heavy atom. The normalized spacial score (nSPS) is 23.2. The summed E-state index contributed by atoms with van der Waals surface area (Å²) < 4.78 is 0. The minimum atomic E-state index is 0.801. The number of likely N-dealkylation sites (N-methyl/N-ethyl adjacent to an activating group) is 1. The first kappa shape index (κ1) is 18.7. The molecule has 0 N–H and O–H groups in total. The topological polar surface area (TPSA) is 6.48 Å². The lowest BCUT2D eigenvalue weighted by molar-refractivity contribution is 0.141. The average molecular weight is 268 g/mol. The van der Waals surface area contributed by atoms with Crippen LogP contribution in [-0.4, -0.2) is 49.6 Å². The third-order valence-corrected chi connectivity index (χ3v) is 3.84. The molecule has 1 saturated carbocycles. The molecule has 2 heteroatoms. The van der Waals surface area contributed by atoms with E-state index in [9.17, 15) is 0 Å². The summed E-state index contributed by atoms with van der Waals surface area (Å²) in [5, 5.41) is 0. The number of hydrogen-bond donors (Lipinski definition) is 0. The van der Waals surface area contributed by atoms with E-state index in [1.54, 1.807) is 0 Å². The van der Waals surface area contributed by atoms with E-state index in [1.165, 1.54) is 37.8 Å². The molecule has 0 atom stereocenters. The van der Waals surface area contributed by atoms with Crippen LogP contribution in [0.1, 0.15) is 53.4 Å². The Balaban J connectivity index is 0.00000154. The van der Waals surface area contributed by atoms with Crippen molar-refractivity contribution in [2.24, 2.45) is 5.92 Å². The Labute approximate surface area is 121 Å². The van der Waals surface area contributed by atoms with Gasteiger partial charge in [-0.2, -0.15) is 0 Å². The largest absolute Gasteiger partial charge is 0.309 e. The van der Waals surface area contributed by atoms with Gasteiger partial charge < -0.3 is 4.90 Å². The smallest absolute Gasteiger partial charge is 0.0190 e. The third kappa shape index (κ3) is 7.74. The summed E-state index contributed by atoms with van der Waals surface area (Å²) in [6, 6.07) is 0.801. The third-order valence-electron chi connectivity index (χ3n) is 3.84. The predicted octanol–water partition coefficient (Wildman–Crippen LogP) is 4.03. The molecule has 1 aliphatic rings. The maximum atomic E-state index is 4.04. The highest BCUT2D eigenvalue weighted by Gasteiger charge is 2.25. The lowest BCUT2D eigenvalue weighted by Crippen LogP contribution is -2.40. The van der Waals surface area contributed by atoms with Crippen LogP contribution in [0.5, 0.6) is 0 Å². The Morgan fingerprint density at radius 2 is 1.63 bits per heavy atom. The second kappa shape index (κ2) is 10.4. The zero-order chi connectivity index (χ0) is 14.8. The minimum absolute atomic E-state index is 0.801. The van der Waals surface area contributed by atoms with Gasteiger partial charge in [-0.25, -0.2) is 0 Å². The molecule has 0 aromatic rings. The highest BCUT2D eigenvalue weighted by Crippen LogP contribution is 2.28. The molecule has 19 heavy (non-hydrogen) atoms. The van der Waals surface area contributed by atoms with E-state index in [-0.39, 0.29) is 0 Å². The monoisotopic (exact) mass is 268 g/mol. The summed E-state index contributed by atoms with van der Waals surface area (Å²) in [6.45, 7) is 16.0. The van der Waals surface area contributed by atoms with E-state index in [4.69, 9.17) is 0 Å². The van der Waals surface area contributed by atoms with E-state index >= 15 is 0 Å². The van der Waals surface area contributed by atoms with Crippen molar-refractivity contribution in [2.75, 3.05) is 33.7 Å². The first-order valence-corrected chi connectivity index (χ1v) is 8.06. The molecule has 0 unspecified atom stereocenters. The molecule has 2 nitrogen and oxygen atoms in total. The molecule has 0 amide bonds. The number of hydrogen-bond acceptors (Lipinski definition) is 2. The van der Waals surface area contributed by atoms with E-state index < -0.39 is 0 Å². The molecular formula is C17H36N2. The van der Waals surface area contributed by atoms with Crippen LogP contribution in [0.2, 0.25) is 0 Å². The van der Waals surface area contributed by atoms with Crippen molar-refractivity contribution in [1.82, 2.24) is 9.80 Å². The standard InChI is InChI=1S/C15H30N2.C2H6/c1-6-17(11-13(2)3)15-9-7-14(8-10-15)12-16(4)5;1-2/h14-15H,2,6-12H2,1,3-5H3;1-2H3. The fraction of sp³-hybridized carbons (Fsp3) is 0.882. The molecule has 0 bridgehead atoms. The SMILES string of the molecule is C=C(C)CN(CC)C1CCC(CN(C)C)CC1.CC. The fourth-order valence-corrected chi connectivity index (χ4v) is 3.05. The van der Waals surface area contributed by atoms with Crippen LogP contribution >= 0.6 is 0 Å². The molecular weight excluding hydrogens is 232 g/mol. The van der Waals surface area contributed by atoms with Crippen molar-refractivity contribution in [3.05, 3.63) is 12.2 Å². The van der Waals surface area contributed by atoms with E-state index in [2.05, 4.69) is 44.3 Å². The van der Waals surface area contributed by atoms with Crippen LogP contribution in [0.4, 0.5) is 0 Å². The molecule has 0 aromatic carbocycles. The van der Waals surface area contributed by atoms with Gasteiger partial charge in [-0.3, -0.25) is 4.90 Å². The van der Waals surface area contributed by atoms with Gasteiger partial charge >= 0.3 is 0 Å². The van der Waals surface area contributed by atoms with Gasteiger partial charge in [-0.1, -0.05) is 32.9 Å². The van der Waals surface area contributed by atoms with Crippen LogP contribution in [0, 0.1) is 5.92 Å². The Morgan fingerprint density at radius 3 is 2.00 bits per heavy atom. The van der Waals surface area contributed by atoms with Gasteiger partial charge in [0.15, 0.2) is 0 Å². The van der Waals surface area contributed by atoms with Crippen LogP contribution in [0.15, 0.2) is 12.2 Å². The number of nitrogens with zero attached hydrogens (tertiary/aromatic N) is 2. The molecule has 0 aliphatic heterocycles. The van der Waals surface area contributed by atoms with Crippen LogP contribution in [0.25, 0.3) is 0 Å². The van der Waals surface area contributed by atoms with Crippen molar-refractivity contribution >= 4 is 0 Å². The zero-order valence-electron chi connectivity index (χ0n) is 14.2. The van der Waals surface area contributed by atoms with Gasteiger partial charge in [0.2, 0.25) is 0 Å². The summed E-state index contributed by atoms with van der Waals surface area (Å²) in [6.07, 6.45) is 5.55. The molecule has 0 radical (unpaired) electrons. The first-order chi connectivity index (χ1) is 9.02. The molecule has 1 rings (SSSR count). The Hall–Kier alpha value is -0.340. The lowest BCUT2D eigenvalue weighted by Gasteiger charge is -2.37. The van der Waals surface area contributed by atoms with Gasteiger partial charge in [0.05, 0.1) is 0 Å². The predicted molar refractivity (Wildman–Crippen MR) is 87.7 cm³/mol. The van der Waals surface area contributed by atoms with Gasteiger partial charge in [0, 0.05) is 19.1 Å². The van der Waals surface area contributed by atoms with Crippen LogP contribution in [-0.2, 0) is 0 Å². The molecule has 114 valence electrons. The average Bonchev–Trinajstić information content (AvgIpc) is 2.38. The highest BCUT2D eigenvalue weighted by molar-refractivity contribution is 4.94. The highest BCUT2D eigenvalue weighted by atomic mass is 15.1. The summed E-state index contributed by atoms with van der Waals surface area (Å²) in [5.74, 6) is 0.921. The number of rotatable bonds is 6. The van der Waals surface area contributed by atoms with Crippen molar-refractivity contribution in [3.8, 4) is 0 Å². The van der Waals surface area contributed by atoms with Crippen molar-refractivity contribution in [3.63, 3.8) is 0 Å². The van der Waals surface area contributed by atoms with Gasteiger partial charge in [0.1, 0.15) is 0 Å². The summed E-state index contributed by atoms with van der Waals surface area (Å²) in [5.41, 5.74) is 1.29. The molecule has 0 heterocycles. The van der Waals surface area contributed by atoms with E-state index in [0.29, 0.717) is 0 Å². The van der Waals surface area contributed by atoms with E-state index in [1.807, 2.05) is 13.8 Å². The van der Waals surface area contributed by atoms with E-state index in [0.717, 1.165) is 25.0 Å². The Bertz CT molecular complexity index is 227. The second-order valence-electron chi connectivity index (χ2n) is 5.96. The summed E-state index contributed by atoms with van der Waals surface area (Å²) >= 11 is 0. The maximum Gasteiger partial charge on any atom is 0.0190 e. The van der Waals surface area contributed by atoms with Gasteiger partial charge in [-0.15, -0.1) is 0 Å². The summed E-state index contributed by atoms with van der Waals surface area (Å²) in [7, 11) is 4.37. The maximum absolute atomic E-state index is 4.04. The molecule has 0 spiro atoms. The van der Waals surface area contributed by atoms with Crippen molar-refractivity contribution in [2.45, 2.75) is 59.4 Å². The molecule has 0 saturated heterocycles. The molecule has 1 aliphatic carbocycles. The zero-order valence-corrected chi connectivity index (χ0v) is 14.2. The minimum Gasteiger partial charge on any atom is -0.309 e. The van der Waals surface area contributed by atoms with Crippen LogP contribution < -0.4 is 0 Å². The molecule has 1 fully saturated rings. The van der Waals surface area contributed by atoms with Gasteiger partial charge in [-0.05, 0) is 59.2 Å². The quantitative estimate of drug-likeness (QED) is 0.671. The van der Waals surface area contributed by atoms with Crippen molar-refractivity contribution < 1.29 is 0 Å². The lowest BCUT2D eigenvalue weighted by atomic mass is 9.85. The van der Waals surface area contributed by atoms with Crippen LogP contribution in [0.3, 0.4) is 0 Å². The fourth-order valence-electron chi connectivity index (χ4n) is 3.05. The molecule has 0 aromatic heterocycles. The first-order valence-electron chi connectivity index (χ1n) is 8.06.